The molecule has 0 spiro atoms. The molecular weight excluding hydrogens is 548 g/mol. The maximum Gasteiger partial charge on any atom is 0.321 e. The summed E-state index contributed by atoms with van der Waals surface area (Å²) in [6, 6.07) is 23.7. The molecule has 3 aromatic carbocycles. The summed E-state index contributed by atoms with van der Waals surface area (Å²) in [6.45, 7) is 4.63. The quantitative estimate of drug-likeness (QED) is 0.298. The van der Waals surface area contributed by atoms with Gasteiger partial charge in [0.15, 0.2) is 17.4 Å². The molecule has 0 aliphatic carbocycles. The molecule has 2 aliphatic heterocycles. The predicted octanol–water partition coefficient (Wildman–Crippen LogP) is 3.83. The lowest BCUT2D eigenvalue weighted by atomic mass is 9.90. The molecule has 2 aliphatic rings. The molecule has 43 heavy (non-hydrogen) atoms. The lowest BCUT2D eigenvalue weighted by molar-refractivity contribution is -0.153. The van der Waals surface area contributed by atoms with Gasteiger partial charge in [-0.25, -0.2) is 4.99 Å². The van der Waals surface area contributed by atoms with Gasteiger partial charge in [0.1, 0.15) is 6.04 Å². The van der Waals surface area contributed by atoms with Crippen LogP contribution in [0.15, 0.2) is 77.8 Å². The van der Waals surface area contributed by atoms with E-state index in [1.54, 1.807) is 19.1 Å². The first-order valence-corrected chi connectivity index (χ1v) is 14.4. The van der Waals surface area contributed by atoms with Crippen molar-refractivity contribution in [3.8, 4) is 17.2 Å². The Morgan fingerprint density at radius 2 is 1.44 bits per heavy atom. The molecule has 3 aromatic rings. The molecule has 226 valence electrons. The topological polar surface area (TPSA) is 102 Å². The third kappa shape index (κ3) is 6.29. The number of nitrogens with one attached hydrogen (secondary N) is 1. The lowest BCUT2D eigenvalue weighted by Crippen LogP contribution is -2.57. The van der Waals surface area contributed by atoms with Crippen LogP contribution in [0, 0.1) is 5.92 Å². The molecule has 0 bridgehead atoms. The minimum atomic E-state index is -1.17. The molecule has 2 heterocycles. The van der Waals surface area contributed by atoms with Gasteiger partial charge >= 0.3 is 5.97 Å². The number of methoxy groups -OCH3 is 3. The van der Waals surface area contributed by atoms with Crippen molar-refractivity contribution >= 4 is 17.8 Å². The number of amides is 1. The Kier molecular flexibility index (Phi) is 9.46. The molecule has 2 unspecified atom stereocenters. The van der Waals surface area contributed by atoms with Gasteiger partial charge in [-0.15, -0.1) is 0 Å². The first kappa shape index (κ1) is 29.9. The normalized spacial score (nSPS) is 19.0. The summed E-state index contributed by atoms with van der Waals surface area (Å²) >= 11 is 0. The van der Waals surface area contributed by atoms with E-state index >= 15 is 0 Å². The Morgan fingerprint density at radius 1 is 0.884 bits per heavy atom. The summed E-state index contributed by atoms with van der Waals surface area (Å²) in [5, 5.41) is 2.89. The van der Waals surface area contributed by atoms with Gasteiger partial charge in [0.25, 0.3) is 0 Å². The van der Waals surface area contributed by atoms with E-state index in [9.17, 15) is 9.59 Å². The third-order valence-electron chi connectivity index (χ3n) is 7.87. The largest absolute Gasteiger partial charge is 0.493 e. The molecule has 0 radical (unpaired) electrons. The third-order valence-corrected chi connectivity index (χ3v) is 7.87. The van der Waals surface area contributed by atoms with Crippen molar-refractivity contribution in [1.82, 2.24) is 15.1 Å². The Hall–Kier alpha value is -4.57. The summed E-state index contributed by atoms with van der Waals surface area (Å²) in [4.78, 5) is 36.0. The lowest BCUT2D eigenvalue weighted by Gasteiger charge is -2.42. The number of ether oxygens (including phenoxy) is 4. The number of piperazine rings is 1. The molecule has 1 fully saturated rings. The van der Waals surface area contributed by atoms with Crippen molar-refractivity contribution in [3.05, 3.63) is 89.5 Å². The molecule has 1 saturated heterocycles. The summed E-state index contributed by atoms with van der Waals surface area (Å²) in [5.74, 6) is -0.620. The number of benzene rings is 3. The number of rotatable bonds is 9. The first-order chi connectivity index (χ1) is 21.0. The highest BCUT2D eigenvalue weighted by Crippen LogP contribution is 2.43. The second-order valence-corrected chi connectivity index (χ2v) is 10.3. The van der Waals surface area contributed by atoms with Gasteiger partial charge in [-0.2, -0.15) is 0 Å². The SMILES string of the molecule is CCOC(=O)C1C(=O)NC(N2CCN(C(c3ccccc3)c3ccccc3)CC2)=NC1c1cc(OC)c(OC)c(OC)c1. The van der Waals surface area contributed by atoms with Crippen LogP contribution in [-0.4, -0.2) is 81.8 Å². The zero-order valence-electron chi connectivity index (χ0n) is 25.0. The molecular formula is C33H38N4O6. The van der Waals surface area contributed by atoms with Gasteiger partial charge in [0.2, 0.25) is 17.6 Å². The summed E-state index contributed by atoms with van der Waals surface area (Å²) in [7, 11) is 4.55. The van der Waals surface area contributed by atoms with Crippen molar-refractivity contribution in [1.29, 1.82) is 0 Å². The maximum absolute atomic E-state index is 13.5. The number of guanidine groups is 1. The van der Waals surface area contributed by atoms with Crippen LogP contribution in [0.5, 0.6) is 17.2 Å². The zero-order valence-corrected chi connectivity index (χ0v) is 25.0. The van der Waals surface area contributed by atoms with Crippen LogP contribution in [0.3, 0.4) is 0 Å². The highest BCUT2D eigenvalue weighted by atomic mass is 16.5. The minimum Gasteiger partial charge on any atom is -0.493 e. The Bertz CT molecular complexity index is 1380. The fraction of sp³-hybridized carbons (Fsp3) is 0.364. The average molecular weight is 587 g/mol. The Morgan fingerprint density at radius 3 is 1.93 bits per heavy atom. The van der Waals surface area contributed by atoms with Crippen molar-refractivity contribution in [2.45, 2.75) is 19.0 Å². The molecule has 0 aromatic heterocycles. The molecule has 0 saturated carbocycles. The van der Waals surface area contributed by atoms with Crippen LogP contribution in [0.1, 0.15) is 35.7 Å². The predicted molar refractivity (Wildman–Crippen MR) is 162 cm³/mol. The number of carbonyl (C=O) groups excluding carboxylic acids is 2. The highest BCUT2D eigenvalue weighted by molar-refractivity contribution is 6.08. The zero-order chi connectivity index (χ0) is 30.3. The molecule has 1 amide bonds. The molecule has 10 nitrogen and oxygen atoms in total. The second kappa shape index (κ2) is 13.6. The highest BCUT2D eigenvalue weighted by Gasteiger charge is 2.43. The van der Waals surface area contributed by atoms with E-state index in [0.717, 1.165) is 13.1 Å². The van der Waals surface area contributed by atoms with Crippen LogP contribution in [0.2, 0.25) is 0 Å². The van der Waals surface area contributed by atoms with Crippen molar-refractivity contribution in [3.63, 3.8) is 0 Å². The van der Waals surface area contributed by atoms with Crippen LogP contribution in [0.4, 0.5) is 0 Å². The molecule has 1 N–H and O–H groups in total. The van der Waals surface area contributed by atoms with E-state index in [0.29, 0.717) is 41.9 Å². The van der Waals surface area contributed by atoms with Crippen molar-refractivity contribution in [2.75, 3.05) is 54.1 Å². The number of hydrogen-bond acceptors (Lipinski definition) is 9. The van der Waals surface area contributed by atoms with Gasteiger partial charge in [0.05, 0.1) is 34.0 Å². The number of carbonyl (C=O) groups is 2. The van der Waals surface area contributed by atoms with E-state index < -0.39 is 23.8 Å². The maximum atomic E-state index is 13.5. The van der Waals surface area contributed by atoms with Crippen LogP contribution in [0.25, 0.3) is 0 Å². The van der Waals surface area contributed by atoms with Crippen LogP contribution in [-0.2, 0) is 14.3 Å². The molecule has 10 heteroatoms. The standard InChI is InChI=1S/C33H38N4O6/c1-5-43-32(39)27-28(24-20-25(40-2)30(42-4)26(21-24)41-3)34-33(35-31(27)38)37-18-16-36(17-19-37)29(22-12-8-6-9-13-22)23-14-10-7-11-15-23/h6-15,20-21,27-29H,5,16-19H2,1-4H3,(H,34,35,38). The fourth-order valence-electron chi connectivity index (χ4n) is 5.81. The van der Waals surface area contributed by atoms with E-state index in [-0.39, 0.29) is 12.6 Å². The number of aliphatic imine (C=N–C) groups is 1. The van der Waals surface area contributed by atoms with Crippen molar-refractivity contribution in [2.24, 2.45) is 10.9 Å². The van der Waals surface area contributed by atoms with Gasteiger partial charge in [-0.1, -0.05) is 60.7 Å². The second-order valence-electron chi connectivity index (χ2n) is 10.3. The van der Waals surface area contributed by atoms with E-state index in [1.807, 2.05) is 12.1 Å². The van der Waals surface area contributed by atoms with Gasteiger partial charge < -0.3 is 23.8 Å². The Labute approximate surface area is 252 Å². The summed E-state index contributed by atoms with van der Waals surface area (Å²) in [5.41, 5.74) is 3.03. The van der Waals surface area contributed by atoms with E-state index in [4.69, 9.17) is 23.9 Å². The fourth-order valence-corrected chi connectivity index (χ4v) is 5.81. The summed E-state index contributed by atoms with van der Waals surface area (Å²) < 4.78 is 21.9. The van der Waals surface area contributed by atoms with Crippen LogP contribution >= 0.6 is 0 Å². The number of hydrogen-bond donors (Lipinski definition) is 1. The number of nitrogens with zero attached hydrogens (tertiary/aromatic N) is 3. The van der Waals surface area contributed by atoms with Crippen molar-refractivity contribution < 1.29 is 28.5 Å². The monoisotopic (exact) mass is 586 g/mol. The van der Waals surface area contributed by atoms with E-state index in [2.05, 4.69) is 63.6 Å². The van der Waals surface area contributed by atoms with Gasteiger partial charge in [0, 0.05) is 26.2 Å². The number of esters is 1. The Balaban J connectivity index is 1.44. The molecule has 2 atom stereocenters. The smallest absolute Gasteiger partial charge is 0.321 e. The average Bonchev–Trinajstić information content (AvgIpc) is 3.05. The van der Waals surface area contributed by atoms with E-state index in [1.165, 1.54) is 32.5 Å². The molecule has 5 rings (SSSR count). The minimum absolute atomic E-state index is 0.104. The van der Waals surface area contributed by atoms with Gasteiger partial charge in [-0.05, 0) is 35.7 Å². The van der Waals surface area contributed by atoms with Crippen LogP contribution < -0.4 is 19.5 Å². The van der Waals surface area contributed by atoms with Gasteiger partial charge in [-0.3, -0.25) is 19.8 Å². The summed E-state index contributed by atoms with van der Waals surface area (Å²) in [6.07, 6.45) is 0. The first-order valence-electron chi connectivity index (χ1n) is 14.4.